The summed E-state index contributed by atoms with van der Waals surface area (Å²) in [7, 11) is 3.98. The van der Waals surface area contributed by atoms with Crippen molar-refractivity contribution in [2.45, 2.75) is 20.3 Å². The van der Waals surface area contributed by atoms with Crippen LogP contribution in [0.25, 0.3) is 17.2 Å². The Morgan fingerprint density at radius 2 is 1.97 bits per heavy atom. The van der Waals surface area contributed by atoms with E-state index in [1.165, 1.54) is 23.5 Å². The predicted octanol–water partition coefficient (Wildman–Crippen LogP) is 3.02. The molecule has 1 aromatic carbocycles. The SMILES string of the molecule is CC(C)CNC(=O)c1nc(-n2c(CCN(C)C)nnc2-c2ccc(F)cc2)cs1. The summed E-state index contributed by atoms with van der Waals surface area (Å²) < 4.78 is 15.2. The van der Waals surface area contributed by atoms with E-state index in [0.717, 1.165) is 17.9 Å². The maximum absolute atomic E-state index is 13.4. The van der Waals surface area contributed by atoms with Crippen LogP contribution in [0.5, 0.6) is 0 Å². The summed E-state index contributed by atoms with van der Waals surface area (Å²) in [6.45, 7) is 5.45. The van der Waals surface area contributed by atoms with E-state index in [2.05, 4.69) is 25.4 Å². The fourth-order valence-corrected chi connectivity index (χ4v) is 3.37. The van der Waals surface area contributed by atoms with Crippen molar-refractivity contribution in [1.29, 1.82) is 0 Å². The first-order chi connectivity index (χ1) is 13.8. The number of thiazole rings is 1. The van der Waals surface area contributed by atoms with Crippen LogP contribution in [0.3, 0.4) is 0 Å². The van der Waals surface area contributed by atoms with E-state index in [-0.39, 0.29) is 11.7 Å². The first-order valence-electron chi connectivity index (χ1n) is 9.44. The standard InChI is InChI=1S/C20H25FN6OS/c1-13(2)11-22-19(28)20-23-17(12-29-20)27-16(9-10-26(3)4)24-25-18(27)14-5-7-15(21)8-6-14/h5-8,12-13H,9-11H2,1-4H3,(H,22,28). The average Bonchev–Trinajstić information content (AvgIpc) is 3.31. The van der Waals surface area contributed by atoms with Gasteiger partial charge < -0.3 is 10.2 Å². The molecule has 0 aliphatic heterocycles. The van der Waals surface area contributed by atoms with Crippen LogP contribution < -0.4 is 5.32 Å². The van der Waals surface area contributed by atoms with Gasteiger partial charge in [0.15, 0.2) is 16.6 Å². The first kappa shape index (κ1) is 21.1. The molecule has 1 amide bonds. The summed E-state index contributed by atoms with van der Waals surface area (Å²) in [5, 5.41) is 13.7. The van der Waals surface area contributed by atoms with E-state index in [4.69, 9.17) is 0 Å². The molecule has 0 saturated carbocycles. The van der Waals surface area contributed by atoms with Crippen molar-refractivity contribution in [1.82, 2.24) is 30.0 Å². The van der Waals surface area contributed by atoms with Crippen molar-refractivity contribution in [3.8, 4) is 17.2 Å². The molecule has 0 unspecified atom stereocenters. The Bertz CT molecular complexity index is 964. The molecule has 1 N–H and O–H groups in total. The predicted molar refractivity (Wildman–Crippen MR) is 112 cm³/mol. The van der Waals surface area contributed by atoms with Crippen molar-refractivity contribution < 1.29 is 9.18 Å². The second-order valence-corrected chi connectivity index (χ2v) is 8.31. The monoisotopic (exact) mass is 416 g/mol. The van der Waals surface area contributed by atoms with Crippen LogP contribution in [0, 0.1) is 11.7 Å². The van der Waals surface area contributed by atoms with E-state index >= 15 is 0 Å². The van der Waals surface area contributed by atoms with Crippen molar-refractivity contribution >= 4 is 17.2 Å². The van der Waals surface area contributed by atoms with Crippen LogP contribution in [0.4, 0.5) is 4.39 Å². The smallest absolute Gasteiger partial charge is 0.280 e. The molecular weight excluding hydrogens is 391 g/mol. The minimum atomic E-state index is -0.314. The summed E-state index contributed by atoms with van der Waals surface area (Å²) in [5.74, 6) is 1.74. The van der Waals surface area contributed by atoms with Crippen LogP contribution in [0.1, 0.15) is 29.5 Å². The summed E-state index contributed by atoms with van der Waals surface area (Å²) in [5.41, 5.74) is 0.730. The number of amides is 1. The van der Waals surface area contributed by atoms with Gasteiger partial charge in [0.25, 0.3) is 5.91 Å². The van der Waals surface area contributed by atoms with E-state index in [9.17, 15) is 9.18 Å². The van der Waals surface area contributed by atoms with E-state index in [1.807, 2.05) is 37.9 Å². The highest BCUT2D eigenvalue weighted by atomic mass is 32.1. The van der Waals surface area contributed by atoms with Gasteiger partial charge in [0, 0.05) is 30.5 Å². The van der Waals surface area contributed by atoms with Crippen molar-refractivity contribution in [3.05, 3.63) is 46.3 Å². The van der Waals surface area contributed by atoms with Gasteiger partial charge in [-0.25, -0.2) is 9.37 Å². The Morgan fingerprint density at radius 1 is 1.24 bits per heavy atom. The molecule has 2 aromatic heterocycles. The number of aromatic nitrogens is 4. The van der Waals surface area contributed by atoms with E-state index < -0.39 is 0 Å². The Balaban J connectivity index is 1.96. The lowest BCUT2D eigenvalue weighted by Gasteiger charge is -2.11. The fraction of sp³-hybridized carbons (Fsp3) is 0.400. The zero-order valence-corrected chi connectivity index (χ0v) is 17.8. The summed E-state index contributed by atoms with van der Waals surface area (Å²) >= 11 is 1.28. The number of likely N-dealkylation sites (N-methyl/N-ethyl adjacent to an activating group) is 1. The number of carbonyl (C=O) groups is 1. The van der Waals surface area contributed by atoms with Crippen molar-refractivity contribution in [3.63, 3.8) is 0 Å². The maximum Gasteiger partial charge on any atom is 0.280 e. The highest BCUT2D eigenvalue weighted by Gasteiger charge is 2.20. The second-order valence-electron chi connectivity index (χ2n) is 7.45. The molecule has 0 bridgehead atoms. The van der Waals surface area contributed by atoms with Gasteiger partial charge >= 0.3 is 0 Å². The van der Waals surface area contributed by atoms with Gasteiger partial charge in [-0.1, -0.05) is 13.8 Å². The Labute approximate surface area is 173 Å². The van der Waals surface area contributed by atoms with Gasteiger partial charge in [0.05, 0.1) is 0 Å². The van der Waals surface area contributed by atoms with Crippen LogP contribution in [-0.2, 0) is 6.42 Å². The van der Waals surface area contributed by atoms with E-state index in [0.29, 0.717) is 35.5 Å². The third-order valence-electron chi connectivity index (χ3n) is 4.20. The van der Waals surface area contributed by atoms with Crippen molar-refractivity contribution in [2.24, 2.45) is 5.92 Å². The zero-order chi connectivity index (χ0) is 21.0. The van der Waals surface area contributed by atoms with E-state index in [1.54, 1.807) is 12.1 Å². The van der Waals surface area contributed by atoms with Crippen LogP contribution in [0.15, 0.2) is 29.6 Å². The zero-order valence-electron chi connectivity index (χ0n) is 17.0. The maximum atomic E-state index is 13.4. The number of halogens is 1. The molecule has 0 radical (unpaired) electrons. The third-order valence-corrected chi connectivity index (χ3v) is 5.03. The molecular formula is C20H25FN6OS. The van der Waals surface area contributed by atoms with Crippen LogP contribution in [0.2, 0.25) is 0 Å². The summed E-state index contributed by atoms with van der Waals surface area (Å²) in [4.78, 5) is 19.0. The largest absolute Gasteiger partial charge is 0.350 e. The Hall–Kier alpha value is -2.65. The summed E-state index contributed by atoms with van der Waals surface area (Å²) in [6, 6.07) is 6.10. The number of rotatable bonds is 8. The normalized spacial score (nSPS) is 11.4. The molecule has 0 saturated heterocycles. The van der Waals surface area contributed by atoms with Gasteiger partial charge in [0.2, 0.25) is 0 Å². The first-order valence-corrected chi connectivity index (χ1v) is 10.3. The quantitative estimate of drug-likeness (QED) is 0.611. The van der Waals surface area contributed by atoms with Crippen LogP contribution >= 0.6 is 11.3 Å². The molecule has 0 aliphatic rings. The van der Waals surface area contributed by atoms with Crippen LogP contribution in [-0.4, -0.2) is 57.7 Å². The number of hydrogen-bond acceptors (Lipinski definition) is 6. The molecule has 2 heterocycles. The molecule has 7 nitrogen and oxygen atoms in total. The molecule has 0 atom stereocenters. The third kappa shape index (κ3) is 5.24. The highest BCUT2D eigenvalue weighted by molar-refractivity contribution is 7.11. The second kappa shape index (κ2) is 9.23. The minimum Gasteiger partial charge on any atom is -0.350 e. The minimum absolute atomic E-state index is 0.193. The number of nitrogens with zero attached hydrogens (tertiary/aromatic N) is 5. The van der Waals surface area contributed by atoms with Gasteiger partial charge in [-0.3, -0.25) is 9.36 Å². The molecule has 29 heavy (non-hydrogen) atoms. The Kier molecular flexibility index (Phi) is 6.71. The van der Waals surface area contributed by atoms with Gasteiger partial charge in [-0.05, 0) is 44.3 Å². The summed E-state index contributed by atoms with van der Waals surface area (Å²) in [6.07, 6.45) is 0.660. The topological polar surface area (TPSA) is 75.9 Å². The molecule has 0 fully saturated rings. The molecule has 0 spiro atoms. The lowest BCUT2D eigenvalue weighted by Crippen LogP contribution is -2.27. The number of benzene rings is 1. The number of carbonyl (C=O) groups excluding carboxylic acids is 1. The number of hydrogen-bond donors (Lipinski definition) is 1. The van der Waals surface area contributed by atoms with Crippen molar-refractivity contribution in [2.75, 3.05) is 27.2 Å². The molecule has 154 valence electrons. The lowest BCUT2D eigenvalue weighted by atomic mass is 10.2. The average molecular weight is 417 g/mol. The molecule has 3 aromatic rings. The van der Waals surface area contributed by atoms with Gasteiger partial charge in [-0.15, -0.1) is 21.5 Å². The molecule has 0 aliphatic carbocycles. The highest BCUT2D eigenvalue weighted by Crippen LogP contribution is 2.25. The lowest BCUT2D eigenvalue weighted by molar-refractivity contribution is 0.0948. The van der Waals surface area contributed by atoms with Gasteiger partial charge in [-0.2, -0.15) is 0 Å². The van der Waals surface area contributed by atoms with Gasteiger partial charge in [0.1, 0.15) is 11.6 Å². The molecule has 3 rings (SSSR count). The molecule has 9 heteroatoms. The number of nitrogens with one attached hydrogen (secondary N) is 1. The Morgan fingerprint density at radius 3 is 2.62 bits per heavy atom. The fourth-order valence-electron chi connectivity index (χ4n) is 2.67.